The zero-order chi connectivity index (χ0) is 23.0. The van der Waals surface area contributed by atoms with Crippen LogP contribution in [0, 0.1) is 5.92 Å². The van der Waals surface area contributed by atoms with Crippen LogP contribution in [0.5, 0.6) is 0 Å². The lowest BCUT2D eigenvalue weighted by atomic mass is 9.90. The number of likely N-dealkylation sites (tertiary alicyclic amines) is 1. The number of amides is 2. The first kappa shape index (κ1) is 22.8. The number of anilines is 1. The van der Waals surface area contributed by atoms with Crippen LogP contribution in [0.15, 0.2) is 59.6 Å². The molecular weight excluding hydrogens is 414 g/mol. The molecule has 1 unspecified atom stereocenters. The number of aliphatic imine (C=N–C) groups is 1. The Bertz CT molecular complexity index is 983. The molecule has 1 atom stereocenters. The van der Waals surface area contributed by atoms with Gasteiger partial charge in [-0.1, -0.05) is 48.5 Å². The van der Waals surface area contributed by atoms with E-state index in [0.717, 1.165) is 43.6 Å². The first-order chi connectivity index (χ1) is 16.1. The van der Waals surface area contributed by atoms with E-state index in [9.17, 15) is 9.59 Å². The molecule has 0 saturated carbocycles. The van der Waals surface area contributed by atoms with Gasteiger partial charge in [-0.15, -0.1) is 0 Å². The SMILES string of the molecule is CN=C(NCC(=O)N1CCC(Cc2ccccc2)CC1)NCC1CC(=O)Nc2ccccc21. The Balaban J connectivity index is 1.21. The molecule has 2 aliphatic heterocycles. The second-order valence-corrected chi connectivity index (χ2v) is 8.86. The quantitative estimate of drug-likeness (QED) is 0.470. The van der Waals surface area contributed by atoms with Crippen molar-refractivity contribution in [1.82, 2.24) is 15.5 Å². The van der Waals surface area contributed by atoms with Crippen LogP contribution in [0.1, 0.15) is 36.3 Å². The van der Waals surface area contributed by atoms with Crippen LogP contribution < -0.4 is 16.0 Å². The smallest absolute Gasteiger partial charge is 0.241 e. The molecule has 2 amide bonds. The van der Waals surface area contributed by atoms with E-state index in [1.807, 2.05) is 35.2 Å². The highest BCUT2D eigenvalue weighted by atomic mass is 16.2. The highest BCUT2D eigenvalue weighted by Gasteiger charge is 2.25. The summed E-state index contributed by atoms with van der Waals surface area (Å²) in [4.78, 5) is 30.9. The molecule has 2 aromatic rings. The molecule has 1 fully saturated rings. The number of rotatable bonds is 6. The Hall–Kier alpha value is -3.35. The maximum absolute atomic E-state index is 12.7. The monoisotopic (exact) mass is 447 g/mol. The molecule has 0 aliphatic carbocycles. The van der Waals surface area contributed by atoms with Crippen molar-refractivity contribution in [3.05, 3.63) is 65.7 Å². The van der Waals surface area contributed by atoms with Crippen molar-refractivity contribution < 1.29 is 9.59 Å². The molecule has 4 rings (SSSR count). The van der Waals surface area contributed by atoms with Gasteiger partial charge in [-0.2, -0.15) is 0 Å². The molecule has 3 N–H and O–H groups in total. The van der Waals surface area contributed by atoms with E-state index in [0.29, 0.717) is 24.8 Å². The van der Waals surface area contributed by atoms with Crippen LogP contribution in [-0.4, -0.2) is 55.9 Å². The number of benzene rings is 2. The van der Waals surface area contributed by atoms with Crippen LogP contribution in [0.2, 0.25) is 0 Å². The first-order valence-corrected chi connectivity index (χ1v) is 11.8. The fourth-order valence-electron chi connectivity index (χ4n) is 4.73. The third kappa shape index (κ3) is 6.12. The van der Waals surface area contributed by atoms with Gasteiger partial charge in [0.1, 0.15) is 0 Å². The minimum atomic E-state index is 0.0225. The zero-order valence-corrected chi connectivity index (χ0v) is 19.2. The van der Waals surface area contributed by atoms with Crippen LogP contribution in [0.3, 0.4) is 0 Å². The molecule has 1 saturated heterocycles. The van der Waals surface area contributed by atoms with Crippen molar-refractivity contribution in [3.8, 4) is 0 Å². The summed E-state index contributed by atoms with van der Waals surface area (Å²) in [6.07, 6.45) is 3.59. The number of piperidine rings is 1. The van der Waals surface area contributed by atoms with Crippen LogP contribution in [-0.2, 0) is 16.0 Å². The Morgan fingerprint density at radius 1 is 1.06 bits per heavy atom. The van der Waals surface area contributed by atoms with Gasteiger partial charge < -0.3 is 20.9 Å². The number of fused-ring (bicyclic) bond motifs is 1. The predicted octanol–water partition coefficient (Wildman–Crippen LogP) is 2.76. The molecule has 2 heterocycles. The lowest BCUT2D eigenvalue weighted by Gasteiger charge is -2.32. The van der Waals surface area contributed by atoms with Gasteiger partial charge in [0.15, 0.2) is 5.96 Å². The molecule has 0 aromatic heterocycles. The van der Waals surface area contributed by atoms with E-state index in [4.69, 9.17) is 0 Å². The normalized spacial score (nSPS) is 18.9. The molecule has 0 bridgehead atoms. The molecule has 0 spiro atoms. The summed E-state index contributed by atoms with van der Waals surface area (Å²) in [7, 11) is 1.69. The van der Waals surface area contributed by atoms with Gasteiger partial charge in [0.25, 0.3) is 0 Å². The van der Waals surface area contributed by atoms with Gasteiger partial charge in [-0.3, -0.25) is 14.6 Å². The van der Waals surface area contributed by atoms with E-state index >= 15 is 0 Å². The van der Waals surface area contributed by atoms with Gasteiger partial charge in [0.2, 0.25) is 11.8 Å². The number of guanidine groups is 1. The second kappa shape index (κ2) is 11.0. The maximum Gasteiger partial charge on any atom is 0.241 e. The van der Waals surface area contributed by atoms with Crippen LogP contribution >= 0.6 is 0 Å². The maximum atomic E-state index is 12.7. The van der Waals surface area contributed by atoms with Gasteiger partial charge in [-0.25, -0.2) is 0 Å². The summed E-state index contributed by atoms with van der Waals surface area (Å²) < 4.78 is 0. The van der Waals surface area contributed by atoms with E-state index in [1.54, 1.807) is 7.05 Å². The lowest BCUT2D eigenvalue weighted by molar-refractivity contribution is -0.131. The van der Waals surface area contributed by atoms with E-state index < -0.39 is 0 Å². The molecule has 7 nitrogen and oxygen atoms in total. The fourth-order valence-corrected chi connectivity index (χ4v) is 4.73. The number of hydrogen-bond acceptors (Lipinski definition) is 3. The summed E-state index contributed by atoms with van der Waals surface area (Å²) in [5, 5.41) is 9.34. The Kier molecular flexibility index (Phi) is 7.60. The highest BCUT2D eigenvalue weighted by Crippen LogP contribution is 2.31. The third-order valence-corrected chi connectivity index (χ3v) is 6.59. The van der Waals surface area contributed by atoms with Crippen LogP contribution in [0.4, 0.5) is 5.69 Å². The summed E-state index contributed by atoms with van der Waals surface area (Å²) in [6.45, 7) is 2.39. The van der Waals surface area contributed by atoms with Crippen molar-refractivity contribution in [2.45, 2.75) is 31.6 Å². The van der Waals surface area contributed by atoms with Crippen LogP contribution in [0.25, 0.3) is 0 Å². The number of carbonyl (C=O) groups is 2. The topological polar surface area (TPSA) is 85.8 Å². The Morgan fingerprint density at radius 3 is 2.55 bits per heavy atom. The predicted molar refractivity (Wildman–Crippen MR) is 131 cm³/mol. The number of nitrogens with zero attached hydrogens (tertiary/aromatic N) is 2. The number of carbonyl (C=O) groups excluding carboxylic acids is 2. The van der Waals surface area contributed by atoms with Crippen molar-refractivity contribution in [3.63, 3.8) is 0 Å². The second-order valence-electron chi connectivity index (χ2n) is 8.86. The van der Waals surface area contributed by atoms with Gasteiger partial charge in [0, 0.05) is 44.7 Å². The summed E-state index contributed by atoms with van der Waals surface area (Å²) in [5.41, 5.74) is 3.36. The third-order valence-electron chi connectivity index (χ3n) is 6.59. The Labute approximate surface area is 195 Å². The average molecular weight is 448 g/mol. The molecule has 33 heavy (non-hydrogen) atoms. The van der Waals surface area contributed by atoms with Gasteiger partial charge >= 0.3 is 0 Å². The van der Waals surface area contributed by atoms with Gasteiger partial charge in [-0.05, 0) is 42.4 Å². The van der Waals surface area contributed by atoms with E-state index in [1.165, 1.54) is 5.56 Å². The van der Waals surface area contributed by atoms with Crippen molar-refractivity contribution >= 4 is 23.5 Å². The molecule has 174 valence electrons. The summed E-state index contributed by atoms with van der Waals surface area (Å²) in [6, 6.07) is 18.5. The zero-order valence-electron chi connectivity index (χ0n) is 19.2. The fraction of sp³-hybridized carbons (Fsp3) is 0.423. The number of nitrogens with one attached hydrogen (secondary N) is 3. The van der Waals surface area contributed by atoms with E-state index in [-0.39, 0.29) is 24.3 Å². The largest absolute Gasteiger partial charge is 0.356 e. The first-order valence-electron chi connectivity index (χ1n) is 11.8. The summed E-state index contributed by atoms with van der Waals surface area (Å²) in [5.74, 6) is 1.39. The standard InChI is InChI=1S/C26H33N5O2/c1-27-26(28-17-21-16-24(32)30-23-10-6-5-9-22(21)23)29-18-25(33)31-13-11-20(12-14-31)15-19-7-3-2-4-8-19/h2-10,20-21H,11-18H2,1H3,(H,30,32)(H2,27,28,29). The van der Waals surface area contributed by atoms with E-state index in [2.05, 4.69) is 45.2 Å². The Morgan fingerprint density at radius 2 is 1.79 bits per heavy atom. The summed E-state index contributed by atoms with van der Waals surface area (Å²) >= 11 is 0. The van der Waals surface area contributed by atoms with Gasteiger partial charge in [0.05, 0.1) is 6.54 Å². The van der Waals surface area contributed by atoms with Crippen molar-refractivity contribution in [1.29, 1.82) is 0 Å². The highest BCUT2D eigenvalue weighted by molar-refractivity contribution is 5.95. The lowest BCUT2D eigenvalue weighted by Crippen LogP contribution is -2.47. The van der Waals surface area contributed by atoms with Crippen molar-refractivity contribution in [2.75, 3.05) is 38.5 Å². The molecule has 7 heteroatoms. The minimum absolute atomic E-state index is 0.0225. The molecular formula is C26H33N5O2. The molecule has 2 aromatic carbocycles. The minimum Gasteiger partial charge on any atom is -0.356 e. The molecule has 0 radical (unpaired) electrons. The molecule has 2 aliphatic rings. The number of hydrogen-bond donors (Lipinski definition) is 3. The number of para-hydroxylation sites is 1. The van der Waals surface area contributed by atoms with Crippen molar-refractivity contribution in [2.24, 2.45) is 10.9 Å². The average Bonchev–Trinajstić information content (AvgIpc) is 2.85.